The summed E-state index contributed by atoms with van der Waals surface area (Å²) in [7, 11) is 0. The van der Waals surface area contributed by atoms with E-state index >= 15 is 0 Å². The van der Waals surface area contributed by atoms with Gasteiger partial charge in [-0.3, -0.25) is 9.97 Å². The van der Waals surface area contributed by atoms with Gasteiger partial charge >= 0.3 is 0 Å². The van der Waals surface area contributed by atoms with Gasteiger partial charge in [-0.1, -0.05) is 20.8 Å². The minimum Gasteiger partial charge on any atom is -0.260 e. The second kappa shape index (κ2) is 11.5. The molecule has 0 bridgehead atoms. The standard InChI is InChI=1S/C11H13IN2.C9H9IN2/c1-3-11(4-2,8-13)10-7-9(12)5-6-14-10;1-2-7(6-11)9-5-8(10)3-4-12-9/h5-7H,3-4H2,1-2H3;3-5,7H,2H2,1H3. The van der Waals surface area contributed by atoms with Crippen LogP contribution in [0.5, 0.6) is 0 Å². The lowest BCUT2D eigenvalue weighted by molar-refractivity contribution is 0.496. The summed E-state index contributed by atoms with van der Waals surface area (Å²) in [6.07, 6.45) is 5.97. The molecule has 0 aliphatic carbocycles. The number of hydrogen-bond acceptors (Lipinski definition) is 4. The van der Waals surface area contributed by atoms with Gasteiger partial charge in [-0.25, -0.2) is 0 Å². The highest BCUT2D eigenvalue weighted by Crippen LogP contribution is 2.29. The molecule has 136 valence electrons. The summed E-state index contributed by atoms with van der Waals surface area (Å²) in [6, 6.07) is 12.4. The lowest BCUT2D eigenvalue weighted by atomic mass is 9.80. The number of nitriles is 2. The molecule has 0 aliphatic heterocycles. The van der Waals surface area contributed by atoms with Gasteiger partial charge in [0.2, 0.25) is 0 Å². The van der Waals surface area contributed by atoms with Crippen molar-refractivity contribution in [1.29, 1.82) is 10.5 Å². The largest absolute Gasteiger partial charge is 0.260 e. The second-order valence-electron chi connectivity index (χ2n) is 5.75. The van der Waals surface area contributed by atoms with Gasteiger partial charge in [-0.15, -0.1) is 0 Å². The molecule has 4 nitrogen and oxygen atoms in total. The summed E-state index contributed by atoms with van der Waals surface area (Å²) in [5, 5.41) is 18.0. The number of nitrogens with zero attached hydrogens (tertiary/aromatic N) is 4. The lowest BCUT2D eigenvalue weighted by Gasteiger charge is -2.22. The SMILES string of the molecule is CCC(C#N)(CC)c1cc(I)ccn1.CCC(C#N)c1cc(I)ccn1. The van der Waals surface area contributed by atoms with Crippen LogP contribution in [0.25, 0.3) is 0 Å². The topological polar surface area (TPSA) is 73.4 Å². The number of pyridine rings is 2. The molecule has 0 fully saturated rings. The average molecular weight is 572 g/mol. The molecule has 0 N–H and O–H groups in total. The highest BCUT2D eigenvalue weighted by atomic mass is 127. The molecule has 0 saturated heterocycles. The Hall–Kier alpha value is -1.26. The van der Waals surface area contributed by atoms with E-state index in [1.54, 1.807) is 12.4 Å². The second-order valence-corrected chi connectivity index (χ2v) is 8.24. The first-order valence-electron chi connectivity index (χ1n) is 8.50. The van der Waals surface area contributed by atoms with Crippen molar-refractivity contribution in [1.82, 2.24) is 9.97 Å². The number of hydrogen-bond donors (Lipinski definition) is 0. The molecule has 0 amide bonds. The molecular formula is C20H22I2N4. The Morgan fingerprint density at radius 1 is 1.00 bits per heavy atom. The summed E-state index contributed by atoms with van der Waals surface area (Å²) in [6.45, 7) is 6.07. The predicted octanol–water partition coefficient (Wildman–Crippen LogP) is 5.97. The van der Waals surface area contributed by atoms with E-state index in [-0.39, 0.29) is 5.92 Å². The van der Waals surface area contributed by atoms with Crippen LogP contribution in [0, 0.1) is 29.8 Å². The molecule has 2 aromatic rings. The molecule has 0 aromatic carbocycles. The maximum Gasteiger partial charge on any atom is 0.0988 e. The number of halogens is 2. The van der Waals surface area contributed by atoms with Gasteiger partial charge in [0.25, 0.3) is 0 Å². The maximum absolute atomic E-state index is 9.23. The van der Waals surface area contributed by atoms with Crippen molar-refractivity contribution in [2.24, 2.45) is 0 Å². The van der Waals surface area contributed by atoms with Crippen LogP contribution in [0.1, 0.15) is 57.3 Å². The van der Waals surface area contributed by atoms with E-state index in [2.05, 4.69) is 67.3 Å². The van der Waals surface area contributed by atoms with Gasteiger partial charge in [0, 0.05) is 19.5 Å². The van der Waals surface area contributed by atoms with Crippen LogP contribution in [0.3, 0.4) is 0 Å². The van der Waals surface area contributed by atoms with Crippen LogP contribution in [0.4, 0.5) is 0 Å². The third-order valence-electron chi connectivity index (χ3n) is 4.30. The van der Waals surface area contributed by atoms with E-state index in [9.17, 15) is 5.26 Å². The zero-order valence-electron chi connectivity index (χ0n) is 15.2. The average Bonchev–Trinajstić information content (AvgIpc) is 2.65. The zero-order valence-corrected chi connectivity index (χ0v) is 19.5. The van der Waals surface area contributed by atoms with E-state index in [1.807, 2.05) is 45.0 Å². The number of rotatable bonds is 5. The van der Waals surface area contributed by atoms with E-state index in [1.165, 1.54) is 0 Å². The monoisotopic (exact) mass is 572 g/mol. The van der Waals surface area contributed by atoms with E-state index < -0.39 is 5.41 Å². The zero-order chi connectivity index (χ0) is 19.6. The van der Waals surface area contributed by atoms with Gasteiger partial charge in [-0.2, -0.15) is 10.5 Å². The summed E-state index contributed by atoms with van der Waals surface area (Å²) < 4.78 is 2.26. The van der Waals surface area contributed by atoms with Crippen LogP contribution < -0.4 is 0 Å². The molecule has 0 aliphatic rings. The van der Waals surface area contributed by atoms with E-state index in [4.69, 9.17) is 5.26 Å². The molecule has 2 rings (SSSR count). The fourth-order valence-corrected chi connectivity index (χ4v) is 3.41. The van der Waals surface area contributed by atoms with Crippen molar-refractivity contribution in [3.8, 4) is 12.1 Å². The third-order valence-corrected chi connectivity index (χ3v) is 5.64. The van der Waals surface area contributed by atoms with Crippen LogP contribution in [0.15, 0.2) is 36.7 Å². The Balaban J connectivity index is 0.000000263. The van der Waals surface area contributed by atoms with Crippen LogP contribution >= 0.6 is 45.2 Å². The third kappa shape index (κ3) is 6.17. The molecule has 2 heterocycles. The quantitative estimate of drug-likeness (QED) is 0.414. The first kappa shape index (κ1) is 22.8. The van der Waals surface area contributed by atoms with Crippen LogP contribution in [0.2, 0.25) is 0 Å². The Labute approximate surface area is 183 Å². The molecule has 2 aromatic heterocycles. The summed E-state index contributed by atoms with van der Waals surface area (Å²) in [5.74, 6) is -0.0558. The molecule has 6 heteroatoms. The molecule has 1 atom stereocenters. The molecule has 0 saturated carbocycles. The van der Waals surface area contributed by atoms with Crippen molar-refractivity contribution in [3.05, 3.63) is 55.2 Å². The lowest BCUT2D eigenvalue weighted by Crippen LogP contribution is -2.23. The summed E-state index contributed by atoms with van der Waals surface area (Å²) in [4.78, 5) is 8.45. The van der Waals surface area contributed by atoms with Crippen molar-refractivity contribution >= 4 is 45.2 Å². The highest BCUT2D eigenvalue weighted by molar-refractivity contribution is 14.1. The fourth-order valence-electron chi connectivity index (χ4n) is 2.47. The minimum atomic E-state index is -0.402. The van der Waals surface area contributed by atoms with Gasteiger partial charge in [0.1, 0.15) is 0 Å². The predicted molar refractivity (Wildman–Crippen MR) is 120 cm³/mol. The summed E-state index contributed by atoms with van der Waals surface area (Å²) >= 11 is 4.47. The van der Waals surface area contributed by atoms with Crippen LogP contribution in [-0.4, -0.2) is 9.97 Å². The normalized spacial score (nSPS) is 11.5. The highest BCUT2D eigenvalue weighted by Gasteiger charge is 2.29. The Morgan fingerprint density at radius 2 is 1.58 bits per heavy atom. The molecule has 0 radical (unpaired) electrons. The molecule has 26 heavy (non-hydrogen) atoms. The van der Waals surface area contributed by atoms with Crippen molar-refractivity contribution in [2.75, 3.05) is 0 Å². The summed E-state index contributed by atoms with van der Waals surface area (Å²) in [5.41, 5.74) is 1.38. The molecule has 1 unspecified atom stereocenters. The van der Waals surface area contributed by atoms with E-state index in [0.717, 1.165) is 37.8 Å². The van der Waals surface area contributed by atoms with Crippen molar-refractivity contribution < 1.29 is 0 Å². The van der Waals surface area contributed by atoms with Crippen molar-refractivity contribution in [2.45, 2.75) is 51.4 Å². The van der Waals surface area contributed by atoms with Crippen LogP contribution in [-0.2, 0) is 5.41 Å². The Bertz CT molecular complexity index is 789. The Kier molecular flexibility index (Phi) is 10.0. The molecule has 0 spiro atoms. The van der Waals surface area contributed by atoms with E-state index in [0.29, 0.717) is 0 Å². The number of aromatic nitrogens is 2. The minimum absolute atomic E-state index is 0.0558. The maximum atomic E-state index is 9.23. The van der Waals surface area contributed by atoms with Crippen molar-refractivity contribution in [3.63, 3.8) is 0 Å². The Morgan fingerprint density at radius 3 is 2.00 bits per heavy atom. The van der Waals surface area contributed by atoms with Gasteiger partial charge in [0.15, 0.2) is 0 Å². The first-order valence-corrected chi connectivity index (χ1v) is 10.7. The molecular weight excluding hydrogens is 550 g/mol. The van der Waals surface area contributed by atoms with Gasteiger partial charge < -0.3 is 0 Å². The fraction of sp³-hybridized carbons (Fsp3) is 0.400. The first-order chi connectivity index (χ1) is 12.5. The smallest absolute Gasteiger partial charge is 0.0988 e. The van der Waals surface area contributed by atoms with Gasteiger partial charge in [-0.05, 0) is 88.7 Å². The van der Waals surface area contributed by atoms with Gasteiger partial charge in [0.05, 0.1) is 34.9 Å².